The van der Waals surface area contributed by atoms with Gasteiger partial charge in [0.25, 0.3) is 0 Å². The Morgan fingerprint density at radius 1 is 0.980 bits per heavy atom. The maximum atomic E-state index is 17.6. The molecule has 276 valence electrons. The number of carbonyl (C=O) groups excluding carboxylic acids is 3. The normalized spacial score (nSPS) is 36.7. The van der Waals surface area contributed by atoms with Crippen LogP contribution in [-0.4, -0.2) is 51.5 Å². The summed E-state index contributed by atoms with van der Waals surface area (Å²) in [6, 6.07) is -1.02. The van der Waals surface area contributed by atoms with E-state index >= 15 is 8.78 Å². The van der Waals surface area contributed by atoms with Gasteiger partial charge in [-0.25, -0.2) is 13.2 Å². The quantitative estimate of drug-likeness (QED) is 0.0868. The molecule has 0 bridgehead atoms. The molecule has 9 heteroatoms. The van der Waals surface area contributed by atoms with E-state index in [1.807, 2.05) is 0 Å². The first-order valence-electron chi connectivity index (χ1n) is 18.9. The summed E-state index contributed by atoms with van der Waals surface area (Å²) in [6.07, 6.45) is 19.5. The summed E-state index contributed by atoms with van der Waals surface area (Å²) >= 11 is 0.425. The van der Waals surface area contributed by atoms with Gasteiger partial charge in [0.05, 0.1) is 6.10 Å². The first-order chi connectivity index (χ1) is 23.3. The molecule has 1 N–H and O–H groups in total. The fourth-order valence-electron chi connectivity index (χ4n) is 9.95. The van der Waals surface area contributed by atoms with Crippen molar-refractivity contribution in [1.29, 1.82) is 0 Å². The smallest absolute Gasteiger partial charge is 0.306 e. The molecule has 0 aromatic heterocycles. The van der Waals surface area contributed by atoms with Crippen molar-refractivity contribution in [2.75, 3.05) is 6.01 Å². The van der Waals surface area contributed by atoms with E-state index in [9.17, 15) is 23.9 Å². The highest BCUT2D eigenvalue weighted by atomic mass is 32.2. The number of fused-ring (bicyclic) bond motifs is 5. The van der Waals surface area contributed by atoms with Crippen molar-refractivity contribution in [3.05, 3.63) is 36.0 Å². The first-order valence-corrected chi connectivity index (χ1v) is 19.9. The number of allylic oxidation sites excluding steroid dienone is 6. The zero-order valence-electron chi connectivity index (χ0n) is 30.1. The molecule has 9 atom stereocenters. The van der Waals surface area contributed by atoms with E-state index in [1.54, 1.807) is 13.8 Å². The maximum absolute atomic E-state index is 17.6. The largest absolute Gasteiger partial charge is 0.449 e. The summed E-state index contributed by atoms with van der Waals surface area (Å²) in [4.78, 5) is 39.4. The second-order valence-corrected chi connectivity index (χ2v) is 16.5. The number of rotatable bonds is 18. The van der Waals surface area contributed by atoms with Gasteiger partial charge in [0.15, 0.2) is 17.1 Å². The van der Waals surface area contributed by atoms with E-state index in [2.05, 4.69) is 19.1 Å². The molecular weight excluding hydrogens is 649 g/mol. The van der Waals surface area contributed by atoms with Gasteiger partial charge in [-0.1, -0.05) is 90.4 Å². The topological polar surface area (TPSA) is 80.7 Å². The van der Waals surface area contributed by atoms with Gasteiger partial charge in [-0.05, 0) is 93.7 Å². The fraction of sp³-hybridized carbons (Fsp3) is 0.775. The first kappa shape index (κ1) is 39.9. The number of ether oxygens (including phenoxy) is 1. The Hall–Kier alpha value is -1.87. The number of alkyl halides is 3. The van der Waals surface area contributed by atoms with Crippen LogP contribution in [0.1, 0.15) is 137 Å². The molecule has 3 fully saturated rings. The molecule has 0 spiro atoms. The Morgan fingerprint density at radius 2 is 1.59 bits per heavy atom. The van der Waals surface area contributed by atoms with Crippen molar-refractivity contribution in [2.45, 2.75) is 160 Å². The monoisotopic (exact) mass is 708 g/mol. The molecule has 0 saturated heterocycles. The SMILES string of the molecule is CCCCCCCCCCC/C=C/CCCCC(=O)O[C@]1(C(=O)SCF)[C@H](C)CC2C3C[C@H](F)C4=CC(=O)C=C[C@]4(C)[C@@]3(F)[C@@H](O)C[C@@]21C. The molecule has 0 radical (unpaired) electrons. The van der Waals surface area contributed by atoms with Gasteiger partial charge in [0.1, 0.15) is 12.2 Å². The minimum Gasteiger partial charge on any atom is -0.449 e. The lowest BCUT2D eigenvalue weighted by molar-refractivity contribution is -0.228. The molecule has 0 aromatic rings. The van der Waals surface area contributed by atoms with Gasteiger partial charge >= 0.3 is 5.97 Å². The standard InChI is InChI=1S/C40H59F3O5S/c1-5-6-7-8-9-10-11-12-13-14-15-16-17-18-19-20-35(46)48-40(36(47)49-27-41)28(2)23-30-31-25-33(42)32-24-29(44)21-22-37(32,3)39(31,43)34(45)26-38(30,40)4/h15-16,21-22,24,28,30-31,33-34,45H,5-14,17-20,23,25-27H2,1-4H3/b16-15+/t28-,30?,31?,33+,34+,37+,38+,39+,40+/m1/s1. The molecule has 0 amide bonds. The third kappa shape index (κ3) is 7.68. The van der Waals surface area contributed by atoms with Gasteiger partial charge in [-0.3, -0.25) is 14.4 Å². The predicted molar refractivity (Wildman–Crippen MR) is 190 cm³/mol. The highest BCUT2D eigenvalue weighted by Crippen LogP contribution is 2.72. The Kier molecular flexibility index (Phi) is 13.9. The zero-order valence-corrected chi connectivity index (χ0v) is 30.9. The minimum absolute atomic E-state index is 0.0209. The molecule has 0 heterocycles. The van der Waals surface area contributed by atoms with Gasteiger partial charge in [-0.2, -0.15) is 0 Å². The average Bonchev–Trinajstić information content (AvgIpc) is 3.27. The molecule has 4 aliphatic rings. The third-order valence-corrected chi connectivity index (χ3v) is 13.2. The number of esters is 1. The lowest BCUT2D eigenvalue weighted by atomic mass is 9.44. The molecule has 5 nitrogen and oxygen atoms in total. The summed E-state index contributed by atoms with van der Waals surface area (Å²) in [5.74, 6) is -3.27. The highest BCUT2D eigenvalue weighted by molar-refractivity contribution is 8.13. The third-order valence-electron chi connectivity index (χ3n) is 12.6. The summed E-state index contributed by atoms with van der Waals surface area (Å²) < 4.78 is 53.3. The average molecular weight is 709 g/mol. The summed E-state index contributed by atoms with van der Waals surface area (Å²) in [5, 5.41) is 11.0. The minimum atomic E-state index is -2.32. The number of ketones is 1. The van der Waals surface area contributed by atoms with Crippen LogP contribution in [0.15, 0.2) is 36.0 Å². The predicted octanol–water partition coefficient (Wildman–Crippen LogP) is 10.1. The Bertz CT molecular complexity index is 1270. The van der Waals surface area contributed by atoms with E-state index in [0.717, 1.165) is 25.3 Å². The van der Waals surface area contributed by atoms with Crippen molar-refractivity contribution in [3.8, 4) is 0 Å². The van der Waals surface area contributed by atoms with Crippen LogP contribution in [0.25, 0.3) is 0 Å². The maximum Gasteiger partial charge on any atom is 0.306 e. The molecule has 0 aromatic carbocycles. The summed E-state index contributed by atoms with van der Waals surface area (Å²) in [5.41, 5.74) is -6.92. The highest BCUT2D eigenvalue weighted by Gasteiger charge is 2.78. The second-order valence-electron chi connectivity index (χ2n) is 15.6. The van der Waals surface area contributed by atoms with Crippen LogP contribution in [0.2, 0.25) is 0 Å². The Balaban J connectivity index is 1.37. The number of aliphatic hydroxyl groups excluding tert-OH is 1. The van der Waals surface area contributed by atoms with E-state index < -0.39 is 75.0 Å². The number of hydrogen-bond acceptors (Lipinski definition) is 6. The molecule has 49 heavy (non-hydrogen) atoms. The van der Waals surface area contributed by atoms with Crippen molar-refractivity contribution in [3.63, 3.8) is 0 Å². The lowest BCUT2D eigenvalue weighted by Crippen LogP contribution is -2.70. The molecular formula is C40H59F3O5S. The number of carbonyl (C=O) groups is 3. The molecule has 3 saturated carbocycles. The van der Waals surface area contributed by atoms with Crippen molar-refractivity contribution in [1.82, 2.24) is 0 Å². The number of halogens is 3. The van der Waals surface area contributed by atoms with Crippen LogP contribution in [0.3, 0.4) is 0 Å². The number of thioether (sulfide) groups is 1. The summed E-state index contributed by atoms with van der Waals surface area (Å²) in [6.45, 7) is 7.23. The molecule has 2 unspecified atom stereocenters. The Morgan fingerprint density at radius 3 is 2.22 bits per heavy atom. The van der Waals surface area contributed by atoms with Gasteiger partial charge in [0.2, 0.25) is 5.12 Å². The van der Waals surface area contributed by atoms with Crippen LogP contribution in [-0.2, 0) is 19.1 Å². The van der Waals surface area contributed by atoms with Gasteiger partial charge < -0.3 is 9.84 Å². The van der Waals surface area contributed by atoms with E-state index in [0.29, 0.717) is 18.2 Å². The lowest BCUT2D eigenvalue weighted by Gasteiger charge is -2.63. The van der Waals surface area contributed by atoms with Crippen LogP contribution < -0.4 is 0 Å². The van der Waals surface area contributed by atoms with Crippen molar-refractivity contribution >= 4 is 28.6 Å². The summed E-state index contributed by atoms with van der Waals surface area (Å²) in [7, 11) is 0. The molecule has 4 aliphatic carbocycles. The molecule has 0 aliphatic heterocycles. The fourth-order valence-corrected chi connectivity index (χ4v) is 10.7. The van der Waals surface area contributed by atoms with Gasteiger partial charge in [0, 0.05) is 29.1 Å². The number of hydrogen-bond donors (Lipinski definition) is 1. The number of unbranched alkanes of at least 4 members (excludes halogenated alkanes) is 11. The van der Waals surface area contributed by atoms with Gasteiger partial charge in [-0.15, -0.1) is 0 Å². The van der Waals surface area contributed by atoms with E-state index in [-0.39, 0.29) is 31.3 Å². The van der Waals surface area contributed by atoms with E-state index in [4.69, 9.17) is 4.74 Å². The van der Waals surface area contributed by atoms with Crippen molar-refractivity contribution < 1.29 is 37.4 Å². The molecule has 4 rings (SSSR count). The zero-order chi connectivity index (χ0) is 35.9. The second kappa shape index (κ2) is 17.1. The van der Waals surface area contributed by atoms with Crippen LogP contribution in [0, 0.1) is 28.6 Å². The van der Waals surface area contributed by atoms with Crippen molar-refractivity contribution in [2.24, 2.45) is 28.6 Å². The van der Waals surface area contributed by atoms with Crippen LogP contribution in [0.4, 0.5) is 13.2 Å². The van der Waals surface area contributed by atoms with Crippen LogP contribution in [0.5, 0.6) is 0 Å². The Labute approximate surface area is 296 Å². The number of aliphatic hydroxyl groups is 1. The van der Waals surface area contributed by atoms with Crippen LogP contribution >= 0.6 is 11.8 Å². The van der Waals surface area contributed by atoms with E-state index in [1.165, 1.54) is 76.9 Å².